The number of benzene rings is 2. The third-order valence-corrected chi connectivity index (χ3v) is 9.66. The first-order chi connectivity index (χ1) is 23.2. The number of hydrogen-bond donors (Lipinski definition) is 1. The maximum Gasteiger partial charge on any atom is 2.00 e. The van der Waals surface area contributed by atoms with Gasteiger partial charge in [0.1, 0.15) is 0 Å². The van der Waals surface area contributed by atoms with Gasteiger partial charge in [0.05, 0.1) is 0 Å². The van der Waals surface area contributed by atoms with E-state index in [2.05, 4.69) is 123 Å². The maximum absolute atomic E-state index is 4.88. The summed E-state index contributed by atoms with van der Waals surface area (Å²) in [5.74, 6) is 3.35. The van der Waals surface area contributed by atoms with Crippen LogP contribution in [0.1, 0.15) is 128 Å². The zero-order valence-corrected chi connectivity index (χ0v) is 45.3. The van der Waals surface area contributed by atoms with Crippen LogP contribution in [-0.4, -0.2) is 78.2 Å². The molecule has 0 spiro atoms. The standard InChI is InChI=1S/C12H25N.C12H24N.C10H9N.C9H7N.C3H7.4ClH.2Li.2Mg/c2*1-9(2)10-7-11(3,4)13-12(5,6)8-10;1-8-10-5-3-2-4-9(10)6-7-11-8;1-2-4-9-7-10-6-5-8(9)3-1;1-3-2;;;;;;;;/h9-10,13H,7-8H2,1-6H3;9-10H,7-8H2,1-6H3;2-7H,1H3;1-7H;3H,1-2H3;4*1H;;;;/q;-1;;;-1;;;;;2*+1;2*+2/p-4. The number of fused-ring (bicyclic) bond motifs is 2. The average molecular weight is 885 g/mol. The van der Waals surface area contributed by atoms with Gasteiger partial charge in [-0.05, 0) is 99.4 Å². The quantitative estimate of drug-likeness (QED) is 0.162. The van der Waals surface area contributed by atoms with Gasteiger partial charge in [-0.15, -0.1) is 11.1 Å². The number of aromatic nitrogens is 2. The molecule has 0 amide bonds. The second-order valence-electron chi connectivity index (χ2n) is 17.9. The topological polar surface area (TPSA) is 51.9 Å². The normalized spacial score (nSPS) is 16.5. The van der Waals surface area contributed by atoms with Gasteiger partial charge in [-0.2, -0.15) is 13.8 Å². The van der Waals surface area contributed by atoms with Crippen LogP contribution in [0.3, 0.4) is 0 Å². The maximum atomic E-state index is 4.88. The molecule has 2 fully saturated rings. The summed E-state index contributed by atoms with van der Waals surface area (Å²) in [6.07, 6.45) is 12.7. The Bertz CT molecular complexity index is 1450. The molecule has 0 radical (unpaired) electrons. The van der Waals surface area contributed by atoms with Crippen LogP contribution in [-0.2, 0) is 0 Å². The number of halogens is 4. The van der Waals surface area contributed by atoms with Gasteiger partial charge in [0.2, 0.25) is 0 Å². The zero-order valence-electron chi connectivity index (χ0n) is 39.5. The van der Waals surface area contributed by atoms with Gasteiger partial charge >= 0.3 is 83.8 Å². The van der Waals surface area contributed by atoms with Crippen LogP contribution >= 0.6 is 0 Å². The molecule has 12 heteroatoms. The van der Waals surface area contributed by atoms with Gasteiger partial charge in [0, 0.05) is 40.7 Å². The molecule has 4 heterocycles. The summed E-state index contributed by atoms with van der Waals surface area (Å²) in [5, 5.41) is 13.6. The fraction of sp³-hybridized carbons (Fsp3) is 0.587. The monoisotopic (exact) mass is 882 g/mol. The number of piperidine rings is 2. The van der Waals surface area contributed by atoms with Crippen molar-refractivity contribution in [3.63, 3.8) is 0 Å². The molecule has 4 aromatic rings. The smallest absolute Gasteiger partial charge is 1.00 e. The molecule has 2 aromatic heterocycles. The van der Waals surface area contributed by atoms with Gasteiger partial charge < -0.3 is 66.7 Å². The second-order valence-corrected chi connectivity index (χ2v) is 17.9. The Morgan fingerprint density at radius 1 is 0.603 bits per heavy atom. The molecule has 0 atom stereocenters. The largest absolute Gasteiger partial charge is 2.00 e. The number of aryl methyl sites for hydroxylation is 1. The molecule has 2 aliphatic heterocycles. The van der Waals surface area contributed by atoms with Gasteiger partial charge in [-0.3, -0.25) is 9.97 Å². The fourth-order valence-electron chi connectivity index (χ4n) is 7.91. The molecule has 6 rings (SSSR count). The molecule has 4 nitrogen and oxygen atoms in total. The summed E-state index contributed by atoms with van der Waals surface area (Å²) in [6, 6.07) is 20.5. The Morgan fingerprint density at radius 3 is 1.40 bits per heavy atom. The van der Waals surface area contributed by atoms with E-state index in [-0.39, 0.29) is 145 Å². The van der Waals surface area contributed by atoms with Crippen LogP contribution in [0.25, 0.3) is 26.9 Å². The minimum atomic E-state index is 0. The molecule has 0 aliphatic carbocycles. The molecule has 58 heavy (non-hydrogen) atoms. The number of nitrogens with zero attached hydrogens (tertiary/aromatic N) is 3. The van der Waals surface area contributed by atoms with Crippen molar-refractivity contribution in [2.24, 2.45) is 23.7 Å². The van der Waals surface area contributed by atoms with Crippen molar-refractivity contribution in [1.29, 1.82) is 0 Å². The molecular weight excluding hydrogens is 813 g/mol. The Hall–Kier alpha value is 1.07. The van der Waals surface area contributed by atoms with E-state index in [9.17, 15) is 0 Å². The third-order valence-electron chi connectivity index (χ3n) is 9.66. The van der Waals surface area contributed by atoms with Crippen LogP contribution in [0.5, 0.6) is 0 Å². The van der Waals surface area contributed by atoms with Crippen molar-refractivity contribution < 1.29 is 87.3 Å². The Kier molecular flexibility index (Phi) is 43.7. The van der Waals surface area contributed by atoms with Crippen molar-refractivity contribution >= 4 is 67.7 Å². The van der Waals surface area contributed by atoms with E-state index in [4.69, 9.17) is 5.32 Å². The molecule has 0 bridgehead atoms. The first-order valence-electron chi connectivity index (χ1n) is 19.1. The molecule has 2 aliphatic rings. The summed E-state index contributed by atoms with van der Waals surface area (Å²) in [7, 11) is 0. The van der Waals surface area contributed by atoms with Crippen molar-refractivity contribution in [1.82, 2.24) is 15.3 Å². The summed E-state index contributed by atoms with van der Waals surface area (Å²) in [5.41, 5.74) is 2.11. The van der Waals surface area contributed by atoms with E-state index in [0.29, 0.717) is 11.1 Å². The predicted octanol–water partition coefficient (Wildman–Crippen LogP) is -5.55. The predicted molar refractivity (Wildman–Crippen MR) is 233 cm³/mol. The van der Waals surface area contributed by atoms with Crippen LogP contribution in [0, 0.1) is 37.0 Å². The number of nitrogens with one attached hydrogen (secondary N) is 1. The first-order valence-corrected chi connectivity index (χ1v) is 19.1. The Balaban J connectivity index is -0.000000112. The van der Waals surface area contributed by atoms with E-state index >= 15 is 0 Å². The average Bonchev–Trinajstić information content (AvgIpc) is 3.00. The second kappa shape index (κ2) is 34.5. The van der Waals surface area contributed by atoms with Crippen LogP contribution in [0.2, 0.25) is 0 Å². The summed E-state index contributed by atoms with van der Waals surface area (Å²) >= 11 is 0. The van der Waals surface area contributed by atoms with Gasteiger partial charge in [-0.1, -0.05) is 117 Å². The van der Waals surface area contributed by atoms with Crippen molar-refractivity contribution in [2.45, 2.75) is 152 Å². The molecule has 1 N–H and O–H groups in total. The Labute approximate surface area is 437 Å². The van der Waals surface area contributed by atoms with E-state index in [0.717, 1.165) is 29.4 Å². The summed E-state index contributed by atoms with van der Waals surface area (Å²) < 4.78 is 0. The van der Waals surface area contributed by atoms with Gasteiger partial charge in [0.25, 0.3) is 0 Å². The van der Waals surface area contributed by atoms with Gasteiger partial charge in [0.15, 0.2) is 0 Å². The molecule has 310 valence electrons. The van der Waals surface area contributed by atoms with Crippen LogP contribution < -0.4 is 92.7 Å². The Morgan fingerprint density at radius 2 is 0.983 bits per heavy atom. The molecule has 0 unspecified atom stereocenters. The SMILES string of the molecule is CC(C)C1CC(C)(C)NC(C)(C)C1.CC(C)C1CC(C)(C)[N-]C(C)(C)C1.C[CH-]C.Cc1nccc2ccccc12.[Cl-].[Cl-].[Cl-].[Cl-].[Li+].[Li+].[Mg+2].[Mg+2].c1ccc2cnccc2c1. The third kappa shape index (κ3) is 28.0. The van der Waals surface area contributed by atoms with E-state index < -0.39 is 0 Å². The van der Waals surface area contributed by atoms with Crippen molar-refractivity contribution in [3.05, 3.63) is 96.7 Å². The number of hydrogen-bond acceptors (Lipinski definition) is 3. The zero-order chi connectivity index (χ0) is 37.8. The molecule has 2 saturated heterocycles. The fourth-order valence-corrected chi connectivity index (χ4v) is 7.91. The molecular formula is C46H72Cl4Li2Mg2N4. The van der Waals surface area contributed by atoms with Crippen molar-refractivity contribution in [2.75, 3.05) is 0 Å². The van der Waals surface area contributed by atoms with E-state index in [1.807, 2.05) is 82.2 Å². The van der Waals surface area contributed by atoms with E-state index in [1.54, 1.807) is 0 Å². The van der Waals surface area contributed by atoms with Crippen LogP contribution in [0.4, 0.5) is 0 Å². The number of pyridine rings is 2. The molecule has 2 aromatic carbocycles. The van der Waals surface area contributed by atoms with Crippen molar-refractivity contribution in [3.8, 4) is 0 Å². The first kappa shape index (κ1) is 73.5. The number of rotatable bonds is 2. The summed E-state index contributed by atoms with van der Waals surface area (Å²) in [4.78, 5) is 8.22. The van der Waals surface area contributed by atoms with E-state index in [1.165, 1.54) is 47.2 Å². The van der Waals surface area contributed by atoms with Crippen LogP contribution in [0.15, 0.2) is 79.3 Å². The molecule has 0 saturated carbocycles. The minimum Gasteiger partial charge on any atom is -1.00 e. The van der Waals surface area contributed by atoms with Gasteiger partial charge in [-0.25, -0.2) is 0 Å². The summed E-state index contributed by atoms with van der Waals surface area (Å²) in [6.45, 7) is 33.8. The minimum absolute atomic E-state index is 0.